The molecule has 37 heavy (non-hydrogen) atoms. The van der Waals surface area contributed by atoms with E-state index < -0.39 is 0 Å². The molecule has 1 aliphatic rings. The number of anilines is 1. The normalized spacial score (nSPS) is 13.6. The van der Waals surface area contributed by atoms with Crippen molar-refractivity contribution in [3.8, 4) is 11.3 Å². The molecule has 0 aliphatic carbocycles. The summed E-state index contributed by atoms with van der Waals surface area (Å²) in [6, 6.07) is 27.1. The van der Waals surface area contributed by atoms with Crippen molar-refractivity contribution in [2.75, 3.05) is 31.6 Å². The number of nitrogens with one attached hydrogen (secondary N) is 1. The number of morpholine rings is 1. The molecule has 2 amide bonds. The highest BCUT2D eigenvalue weighted by Gasteiger charge is 2.21. The summed E-state index contributed by atoms with van der Waals surface area (Å²) in [6.45, 7) is 2.74. The Morgan fingerprint density at radius 2 is 1.57 bits per heavy atom. The molecular formula is C30H28N4O3. The molecule has 1 aromatic heterocycles. The van der Waals surface area contributed by atoms with Gasteiger partial charge in [-0.15, -0.1) is 0 Å². The van der Waals surface area contributed by atoms with E-state index in [0.29, 0.717) is 44.1 Å². The first-order chi connectivity index (χ1) is 18.2. The molecule has 7 heteroatoms. The van der Waals surface area contributed by atoms with E-state index in [9.17, 15) is 9.59 Å². The average Bonchev–Trinajstić information content (AvgIpc) is 3.36. The van der Waals surface area contributed by atoms with Gasteiger partial charge in [-0.05, 0) is 23.8 Å². The number of nitrogens with zero attached hydrogens (tertiary/aromatic N) is 3. The van der Waals surface area contributed by atoms with E-state index in [1.807, 2.05) is 59.4 Å². The van der Waals surface area contributed by atoms with Crippen LogP contribution in [0.25, 0.3) is 17.3 Å². The van der Waals surface area contributed by atoms with Crippen LogP contribution in [0, 0.1) is 0 Å². The molecule has 0 unspecified atom stereocenters. The van der Waals surface area contributed by atoms with E-state index in [-0.39, 0.29) is 11.8 Å². The molecule has 3 aromatic carbocycles. The van der Waals surface area contributed by atoms with Crippen molar-refractivity contribution in [3.63, 3.8) is 0 Å². The first-order valence-electron chi connectivity index (χ1n) is 12.3. The molecule has 0 radical (unpaired) electrons. The van der Waals surface area contributed by atoms with Gasteiger partial charge in [-0.1, -0.05) is 72.8 Å². The summed E-state index contributed by atoms with van der Waals surface area (Å²) in [5, 5.41) is 7.68. The van der Waals surface area contributed by atoms with Crippen molar-refractivity contribution in [1.82, 2.24) is 14.7 Å². The number of para-hydroxylation sites is 1. The van der Waals surface area contributed by atoms with Gasteiger partial charge in [0.1, 0.15) is 0 Å². The van der Waals surface area contributed by atoms with Gasteiger partial charge in [0.25, 0.3) is 5.91 Å². The third kappa shape index (κ3) is 6.02. The van der Waals surface area contributed by atoms with Gasteiger partial charge in [0.05, 0.1) is 36.7 Å². The van der Waals surface area contributed by atoms with E-state index in [1.54, 1.807) is 35.2 Å². The van der Waals surface area contributed by atoms with Gasteiger partial charge in [-0.2, -0.15) is 5.10 Å². The molecule has 4 aromatic rings. The third-order valence-electron chi connectivity index (χ3n) is 6.15. The third-order valence-corrected chi connectivity index (χ3v) is 6.15. The predicted octanol–water partition coefficient (Wildman–Crippen LogP) is 4.72. The standard InChI is InChI=1S/C30H28N4O3/c35-28(31-27-14-8-7-13-26(27)30(36)33-17-19-37-20-18-33)16-15-25-22-34(21-23-9-3-1-4-10-23)32-29(25)24-11-5-2-6-12-24/h1-16,22H,17-21H2,(H,31,35). The molecule has 1 aliphatic heterocycles. The predicted molar refractivity (Wildman–Crippen MR) is 144 cm³/mol. The lowest BCUT2D eigenvalue weighted by Crippen LogP contribution is -2.41. The second-order valence-electron chi connectivity index (χ2n) is 8.75. The minimum absolute atomic E-state index is 0.114. The zero-order valence-corrected chi connectivity index (χ0v) is 20.4. The molecule has 7 nitrogen and oxygen atoms in total. The van der Waals surface area contributed by atoms with Crippen LogP contribution in [0.3, 0.4) is 0 Å². The van der Waals surface area contributed by atoms with E-state index in [1.165, 1.54) is 6.08 Å². The van der Waals surface area contributed by atoms with Crippen molar-refractivity contribution >= 4 is 23.6 Å². The second-order valence-corrected chi connectivity index (χ2v) is 8.75. The Morgan fingerprint density at radius 3 is 2.32 bits per heavy atom. The lowest BCUT2D eigenvalue weighted by molar-refractivity contribution is -0.111. The van der Waals surface area contributed by atoms with Gasteiger partial charge >= 0.3 is 0 Å². The van der Waals surface area contributed by atoms with Gasteiger partial charge in [-0.3, -0.25) is 14.3 Å². The van der Waals surface area contributed by atoms with Crippen molar-refractivity contribution in [3.05, 3.63) is 114 Å². The Balaban J connectivity index is 1.36. The maximum atomic E-state index is 13.0. The summed E-state index contributed by atoms with van der Waals surface area (Å²) >= 11 is 0. The van der Waals surface area contributed by atoms with Gasteiger partial charge in [0, 0.05) is 36.5 Å². The number of carbonyl (C=O) groups is 2. The van der Waals surface area contributed by atoms with Crippen LogP contribution >= 0.6 is 0 Å². The molecule has 1 N–H and O–H groups in total. The minimum Gasteiger partial charge on any atom is -0.378 e. The number of benzene rings is 3. The number of amides is 2. The highest BCUT2D eigenvalue weighted by Crippen LogP contribution is 2.24. The van der Waals surface area contributed by atoms with Crippen LogP contribution in [0.2, 0.25) is 0 Å². The molecule has 1 fully saturated rings. The fourth-order valence-corrected chi connectivity index (χ4v) is 4.29. The first-order valence-corrected chi connectivity index (χ1v) is 12.3. The largest absolute Gasteiger partial charge is 0.378 e. The number of carbonyl (C=O) groups excluding carboxylic acids is 2. The SMILES string of the molecule is O=C(C=Cc1cn(Cc2ccccc2)nc1-c1ccccc1)Nc1ccccc1C(=O)N1CCOCC1. The number of aromatic nitrogens is 2. The van der Waals surface area contributed by atoms with Gasteiger partial charge < -0.3 is 15.0 Å². The first kappa shape index (κ1) is 24.2. The summed E-state index contributed by atoms with van der Waals surface area (Å²) in [6.07, 6.45) is 5.18. The van der Waals surface area contributed by atoms with Crippen LogP contribution in [0.5, 0.6) is 0 Å². The summed E-state index contributed by atoms with van der Waals surface area (Å²) in [5.41, 5.74) is 4.68. The molecule has 0 bridgehead atoms. The zero-order valence-electron chi connectivity index (χ0n) is 20.4. The topological polar surface area (TPSA) is 76.5 Å². The lowest BCUT2D eigenvalue weighted by atomic mass is 10.1. The fraction of sp³-hybridized carbons (Fsp3) is 0.167. The summed E-state index contributed by atoms with van der Waals surface area (Å²) in [4.78, 5) is 27.7. The van der Waals surface area contributed by atoms with Crippen molar-refractivity contribution in [2.24, 2.45) is 0 Å². The number of hydrogen-bond donors (Lipinski definition) is 1. The Kier molecular flexibility index (Phi) is 7.52. The Hall–Kier alpha value is -4.49. The van der Waals surface area contributed by atoms with Crippen molar-refractivity contribution < 1.29 is 14.3 Å². The van der Waals surface area contributed by atoms with Crippen LogP contribution in [0.4, 0.5) is 5.69 Å². The molecule has 186 valence electrons. The van der Waals surface area contributed by atoms with Crippen LogP contribution in [0.1, 0.15) is 21.5 Å². The van der Waals surface area contributed by atoms with E-state index >= 15 is 0 Å². The van der Waals surface area contributed by atoms with E-state index in [4.69, 9.17) is 9.84 Å². The molecule has 0 saturated carbocycles. The van der Waals surface area contributed by atoms with E-state index in [0.717, 1.165) is 22.4 Å². The maximum Gasteiger partial charge on any atom is 0.256 e. The molecular weight excluding hydrogens is 464 g/mol. The Morgan fingerprint density at radius 1 is 0.892 bits per heavy atom. The molecule has 0 spiro atoms. The van der Waals surface area contributed by atoms with Crippen molar-refractivity contribution in [1.29, 1.82) is 0 Å². The zero-order chi connectivity index (χ0) is 25.5. The lowest BCUT2D eigenvalue weighted by Gasteiger charge is -2.27. The Labute approximate surface area is 216 Å². The smallest absolute Gasteiger partial charge is 0.256 e. The summed E-state index contributed by atoms with van der Waals surface area (Å²) in [7, 11) is 0. The maximum absolute atomic E-state index is 13.0. The van der Waals surface area contributed by atoms with Crippen LogP contribution < -0.4 is 5.32 Å². The minimum atomic E-state index is -0.322. The van der Waals surface area contributed by atoms with Crippen molar-refractivity contribution in [2.45, 2.75) is 6.54 Å². The number of rotatable bonds is 7. The Bertz CT molecular complexity index is 1390. The number of hydrogen-bond acceptors (Lipinski definition) is 4. The van der Waals surface area contributed by atoms with Gasteiger partial charge in [-0.25, -0.2) is 0 Å². The summed E-state index contributed by atoms with van der Waals surface area (Å²) in [5.74, 6) is -0.436. The average molecular weight is 493 g/mol. The number of ether oxygens (including phenoxy) is 1. The van der Waals surface area contributed by atoms with Crippen LogP contribution in [-0.2, 0) is 16.1 Å². The summed E-state index contributed by atoms with van der Waals surface area (Å²) < 4.78 is 7.23. The van der Waals surface area contributed by atoms with Crippen LogP contribution in [-0.4, -0.2) is 52.8 Å². The molecule has 5 rings (SSSR count). The molecule has 0 atom stereocenters. The van der Waals surface area contributed by atoms with E-state index in [2.05, 4.69) is 17.4 Å². The quantitative estimate of drug-likeness (QED) is 0.379. The second kappa shape index (κ2) is 11.5. The van der Waals surface area contributed by atoms with Gasteiger partial charge in [0.15, 0.2) is 0 Å². The molecule has 2 heterocycles. The van der Waals surface area contributed by atoms with Gasteiger partial charge in [0.2, 0.25) is 5.91 Å². The monoisotopic (exact) mass is 492 g/mol. The highest BCUT2D eigenvalue weighted by atomic mass is 16.5. The molecule has 1 saturated heterocycles. The van der Waals surface area contributed by atoms with Crippen LogP contribution in [0.15, 0.2) is 97.2 Å². The fourth-order valence-electron chi connectivity index (χ4n) is 4.29. The highest BCUT2D eigenvalue weighted by molar-refractivity contribution is 6.07.